The van der Waals surface area contributed by atoms with Gasteiger partial charge < -0.3 is 15.0 Å². The maximum absolute atomic E-state index is 12.5. The topological polar surface area (TPSA) is 87.7 Å². The average molecular weight is 430 g/mol. The summed E-state index contributed by atoms with van der Waals surface area (Å²) >= 11 is 0. The van der Waals surface area contributed by atoms with Gasteiger partial charge >= 0.3 is 0 Å². The summed E-state index contributed by atoms with van der Waals surface area (Å²) in [7, 11) is -3.77. The number of nitrogens with one attached hydrogen (secondary N) is 2. The van der Waals surface area contributed by atoms with E-state index < -0.39 is 15.9 Å². The Balaban J connectivity index is 1.98. The lowest BCUT2D eigenvalue weighted by Crippen LogP contribution is -2.27. The van der Waals surface area contributed by atoms with Gasteiger partial charge in [-0.05, 0) is 55.6 Å². The van der Waals surface area contributed by atoms with E-state index in [9.17, 15) is 13.2 Å². The Morgan fingerprint density at radius 3 is 2.47 bits per heavy atom. The Morgan fingerprint density at radius 1 is 1.13 bits per heavy atom. The zero-order valence-corrected chi connectivity index (χ0v) is 18.0. The van der Waals surface area contributed by atoms with Crippen LogP contribution in [0.5, 0.6) is 5.75 Å². The van der Waals surface area contributed by atoms with Crippen molar-refractivity contribution in [1.29, 1.82) is 0 Å². The second-order valence-corrected chi connectivity index (χ2v) is 8.18. The second-order valence-electron chi connectivity index (χ2n) is 6.41. The summed E-state index contributed by atoms with van der Waals surface area (Å²) in [6.07, 6.45) is 5.09. The van der Waals surface area contributed by atoms with Crippen molar-refractivity contribution in [3.63, 3.8) is 0 Å². The molecule has 30 heavy (non-hydrogen) atoms. The minimum absolute atomic E-state index is 0.0256. The molecule has 2 aromatic rings. The van der Waals surface area contributed by atoms with Crippen molar-refractivity contribution in [2.24, 2.45) is 0 Å². The van der Waals surface area contributed by atoms with Crippen LogP contribution >= 0.6 is 0 Å². The number of hydrogen-bond donors (Lipinski definition) is 2. The van der Waals surface area contributed by atoms with Gasteiger partial charge in [0.05, 0.1) is 11.4 Å². The summed E-state index contributed by atoms with van der Waals surface area (Å²) < 4.78 is 32.3. The summed E-state index contributed by atoms with van der Waals surface area (Å²) in [6, 6.07) is 12.8. The van der Waals surface area contributed by atoms with Crippen LogP contribution in [0.2, 0.25) is 0 Å². The van der Waals surface area contributed by atoms with Crippen molar-refractivity contribution in [2.45, 2.75) is 18.7 Å². The number of ether oxygens (including phenoxy) is 1. The number of benzene rings is 2. The Morgan fingerprint density at radius 2 is 1.83 bits per heavy atom. The van der Waals surface area contributed by atoms with Crippen molar-refractivity contribution >= 4 is 21.6 Å². The fourth-order valence-corrected chi connectivity index (χ4v) is 3.67. The van der Waals surface area contributed by atoms with Crippen LogP contribution in [-0.2, 0) is 10.0 Å². The first-order valence-corrected chi connectivity index (χ1v) is 11.2. The second kappa shape index (κ2) is 11.4. The smallest absolute Gasteiger partial charge is 0.255 e. The largest absolute Gasteiger partial charge is 0.492 e. The summed E-state index contributed by atoms with van der Waals surface area (Å²) in [5.74, 6) is 2.51. The lowest BCUT2D eigenvalue weighted by atomic mass is 10.2. The van der Waals surface area contributed by atoms with Gasteiger partial charge in [0, 0.05) is 17.8 Å². The molecule has 0 aliphatic heterocycles. The molecule has 1 amide bonds. The number of carbonyl (C=O) groups is 1. The number of amides is 1. The van der Waals surface area contributed by atoms with Gasteiger partial charge in [-0.1, -0.05) is 25.8 Å². The molecular weight excluding hydrogens is 402 g/mol. The standard InChI is InChI=1S/C22H27N3O4S/c1-4-14-23-30(27,28)21-9-7-8-18(17-21)22(26)24-19-10-12-20(13-11-19)29-16-15-25(5-2)6-3/h1,7-13,17,23H,5-6,14-16H2,2-3H3,(H,24,26). The van der Waals surface area contributed by atoms with E-state index in [-0.39, 0.29) is 17.0 Å². The Labute approximate surface area is 178 Å². The lowest BCUT2D eigenvalue weighted by molar-refractivity contribution is 0.102. The zero-order chi connectivity index (χ0) is 22.0. The third kappa shape index (κ3) is 6.88. The maximum atomic E-state index is 12.5. The molecule has 0 aliphatic rings. The number of nitrogens with zero attached hydrogens (tertiary/aromatic N) is 1. The third-order valence-corrected chi connectivity index (χ3v) is 5.85. The molecule has 0 aromatic heterocycles. The molecule has 0 atom stereocenters. The van der Waals surface area contributed by atoms with Crippen LogP contribution in [-0.4, -0.2) is 52.0 Å². The molecule has 0 spiro atoms. The SMILES string of the molecule is C#CCNS(=O)(=O)c1cccc(C(=O)Nc2ccc(OCCN(CC)CC)cc2)c1. The first-order valence-electron chi connectivity index (χ1n) is 9.69. The highest BCUT2D eigenvalue weighted by atomic mass is 32.2. The van der Waals surface area contributed by atoms with Gasteiger partial charge in [0.15, 0.2) is 0 Å². The molecule has 0 bridgehead atoms. The van der Waals surface area contributed by atoms with Gasteiger partial charge in [-0.25, -0.2) is 8.42 Å². The van der Waals surface area contributed by atoms with E-state index in [2.05, 4.69) is 34.7 Å². The maximum Gasteiger partial charge on any atom is 0.255 e. The number of sulfonamides is 1. The summed E-state index contributed by atoms with van der Waals surface area (Å²) in [4.78, 5) is 14.8. The minimum Gasteiger partial charge on any atom is -0.492 e. The Hall–Kier alpha value is -2.86. The van der Waals surface area contributed by atoms with Gasteiger partial charge in [0.25, 0.3) is 5.91 Å². The first-order chi connectivity index (χ1) is 14.4. The molecule has 0 unspecified atom stereocenters. The van der Waals surface area contributed by atoms with E-state index in [0.717, 1.165) is 19.6 Å². The van der Waals surface area contributed by atoms with Gasteiger partial charge in [0.1, 0.15) is 12.4 Å². The molecule has 0 fully saturated rings. The van der Waals surface area contributed by atoms with Gasteiger partial charge in [-0.2, -0.15) is 4.72 Å². The molecule has 8 heteroatoms. The van der Waals surface area contributed by atoms with Gasteiger partial charge in [0.2, 0.25) is 10.0 Å². The monoisotopic (exact) mass is 429 g/mol. The number of carbonyl (C=O) groups excluding carboxylic acids is 1. The molecule has 160 valence electrons. The van der Waals surface area contributed by atoms with Crippen LogP contribution in [0.15, 0.2) is 53.4 Å². The van der Waals surface area contributed by atoms with Crippen molar-refractivity contribution in [3.05, 3.63) is 54.1 Å². The molecular formula is C22H27N3O4S. The summed E-state index contributed by atoms with van der Waals surface area (Å²) in [6.45, 7) is 7.49. The van der Waals surface area contributed by atoms with E-state index in [0.29, 0.717) is 18.0 Å². The number of anilines is 1. The molecule has 0 aliphatic carbocycles. The molecule has 0 heterocycles. The van der Waals surface area contributed by atoms with Crippen LogP contribution in [0.25, 0.3) is 0 Å². The van der Waals surface area contributed by atoms with E-state index in [1.165, 1.54) is 18.2 Å². The van der Waals surface area contributed by atoms with E-state index >= 15 is 0 Å². The number of hydrogen-bond acceptors (Lipinski definition) is 5. The highest BCUT2D eigenvalue weighted by molar-refractivity contribution is 7.89. The van der Waals surface area contributed by atoms with Crippen LogP contribution in [0.1, 0.15) is 24.2 Å². The normalized spacial score (nSPS) is 11.1. The van der Waals surface area contributed by atoms with E-state index in [4.69, 9.17) is 11.2 Å². The highest BCUT2D eigenvalue weighted by Crippen LogP contribution is 2.18. The Bertz CT molecular complexity index is 978. The number of terminal acetylenes is 1. The first kappa shape index (κ1) is 23.4. The number of likely N-dealkylation sites (N-methyl/N-ethyl adjacent to an activating group) is 1. The number of rotatable bonds is 11. The van der Waals surface area contributed by atoms with Crippen molar-refractivity contribution in [3.8, 4) is 18.1 Å². The Kier molecular flexibility index (Phi) is 8.87. The van der Waals surface area contributed by atoms with Crippen molar-refractivity contribution < 1.29 is 17.9 Å². The molecule has 2 rings (SSSR count). The quantitative estimate of drug-likeness (QED) is 0.536. The summed E-state index contributed by atoms with van der Waals surface area (Å²) in [5.41, 5.74) is 0.799. The van der Waals surface area contributed by atoms with Crippen LogP contribution in [0.4, 0.5) is 5.69 Å². The van der Waals surface area contributed by atoms with Crippen LogP contribution in [0, 0.1) is 12.3 Å². The van der Waals surface area contributed by atoms with Gasteiger partial charge in [-0.3, -0.25) is 4.79 Å². The lowest BCUT2D eigenvalue weighted by Gasteiger charge is -2.18. The average Bonchev–Trinajstić information content (AvgIpc) is 2.76. The van der Waals surface area contributed by atoms with Crippen molar-refractivity contribution in [1.82, 2.24) is 9.62 Å². The zero-order valence-electron chi connectivity index (χ0n) is 17.2. The van der Waals surface area contributed by atoms with Crippen molar-refractivity contribution in [2.75, 3.05) is 38.1 Å². The van der Waals surface area contributed by atoms with E-state index in [1.807, 2.05) is 0 Å². The molecule has 2 aromatic carbocycles. The molecule has 7 nitrogen and oxygen atoms in total. The molecule has 2 N–H and O–H groups in total. The fourth-order valence-electron chi connectivity index (χ4n) is 2.69. The predicted octanol–water partition coefficient (Wildman–Crippen LogP) is 2.57. The molecule has 0 saturated carbocycles. The fraction of sp³-hybridized carbons (Fsp3) is 0.318. The van der Waals surface area contributed by atoms with Gasteiger partial charge in [-0.15, -0.1) is 6.42 Å². The minimum atomic E-state index is -3.77. The highest BCUT2D eigenvalue weighted by Gasteiger charge is 2.15. The third-order valence-electron chi connectivity index (χ3n) is 4.45. The molecule has 0 saturated heterocycles. The molecule has 0 radical (unpaired) electrons. The van der Waals surface area contributed by atoms with Crippen LogP contribution in [0.3, 0.4) is 0 Å². The van der Waals surface area contributed by atoms with Crippen LogP contribution < -0.4 is 14.8 Å². The van der Waals surface area contributed by atoms with E-state index in [1.54, 1.807) is 30.3 Å². The summed E-state index contributed by atoms with van der Waals surface area (Å²) in [5, 5.41) is 2.75. The predicted molar refractivity (Wildman–Crippen MR) is 118 cm³/mol.